The van der Waals surface area contributed by atoms with Gasteiger partial charge in [-0.2, -0.15) is 0 Å². The lowest BCUT2D eigenvalue weighted by Gasteiger charge is -2.10. The van der Waals surface area contributed by atoms with E-state index in [-0.39, 0.29) is 0 Å². The monoisotopic (exact) mass is 340 g/mol. The van der Waals surface area contributed by atoms with Gasteiger partial charge in [0.15, 0.2) is 0 Å². The minimum absolute atomic E-state index is 0.401. The number of carbonyl (C=O) groups excluding carboxylic acids is 2. The molecule has 0 aliphatic carbocycles. The van der Waals surface area contributed by atoms with E-state index in [1.165, 1.54) is 25.7 Å². The molecule has 0 aromatic rings. The van der Waals surface area contributed by atoms with Crippen LogP contribution in [0.2, 0.25) is 0 Å². The Kier molecular flexibility index (Phi) is 14.4. The summed E-state index contributed by atoms with van der Waals surface area (Å²) in [6.45, 7) is 9.47. The normalized spacial score (nSPS) is 13.7. The average Bonchev–Trinajstić information content (AvgIpc) is 2.56. The zero-order valence-electron chi connectivity index (χ0n) is 16.0. The summed E-state index contributed by atoms with van der Waals surface area (Å²) in [5.74, 6) is 0.152. The SMILES string of the molecule is CCCC[C@@H](C)CCOC(=O)/C=C/C(=O)OCC[C@@H](C)CCCC. The third-order valence-corrected chi connectivity index (χ3v) is 4.17. The number of rotatable bonds is 14. The lowest BCUT2D eigenvalue weighted by atomic mass is 10.0. The summed E-state index contributed by atoms with van der Waals surface area (Å²) in [6, 6.07) is 0. The van der Waals surface area contributed by atoms with Gasteiger partial charge in [-0.05, 0) is 24.7 Å². The second-order valence-corrected chi connectivity index (χ2v) is 6.74. The van der Waals surface area contributed by atoms with Gasteiger partial charge in [0, 0.05) is 12.2 Å². The van der Waals surface area contributed by atoms with Crippen molar-refractivity contribution < 1.29 is 19.1 Å². The molecular formula is C20H36O4. The van der Waals surface area contributed by atoms with Crippen LogP contribution in [0.25, 0.3) is 0 Å². The Hall–Kier alpha value is -1.32. The summed E-state index contributed by atoms with van der Waals surface area (Å²) in [5, 5.41) is 0. The molecule has 0 saturated carbocycles. The Morgan fingerprint density at radius 3 is 1.46 bits per heavy atom. The van der Waals surface area contributed by atoms with E-state index < -0.39 is 11.9 Å². The van der Waals surface area contributed by atoms with Crippen molar-refractivity contribution in [3.8, 4) is 0 Å². The molecule has 0 unspecified atom stereocenters. The molecule has 0 aromatic heterocycles. The smallest absolute Gasteiger partial charge is 0.331 e. The van der Waals surface area contributed by atoms with E-state index in [1.807, 2.05) is 0 Å². The van der Waals surface area contributed by atoms with Crippen molar-refractivity contribution in [1.29, 1.82) is 0 Å². The summed E-state index contributed by atoms with van der Waals surface area (Å²) in [6.07, 6.45) is 11.1. The van der Waals surface area contributed by atoms with Crippen molar-refractivity contribution in [3.05, 3.63) is 12.2 Å². The maximum absolute atomic E-state index is 11.5. The molecule has 0 saturated heterocycles. The van der Waals surface area contributed by atoms with Crippen LogP contribution in [-0.4, -0.2) is 25.2 Å². The van der Waals surface area contributed by atoms with Crippen molar-refractivity contribution in [1.82, 2.24) is 0 Å². The van der Waals surface area contributed by atoms with Crippen molar-refractivity contribution in [2.75, 3.05) is 13.2 Å². The van der Waals surface area contributed by atoms with Crippen LogP contribution in [0.1, 0.15) is 79.1 Å². The summed E-state index contributed by atoms with van der Waals surface area (Å²) in [7, 11) is 0. The van der Waals surface area contributed by atoms with Gasteiger partial charge in [-0.3, -0.25) is 0 Å². The van der Waals surface area contributed by atoms with Crippen LogP contribution in [0.15, 0.2) is 12.2 Å². The minimum atomic E-state index is -0.481. The van der Waals surface area contributed by atoms with Gasteiger partial charge in [0.25, 0.3) is 0 Å². The van der Waals surface area contributed by atoms with Gasteiger partial charge in [0.2, 0.25) is 0 Å². The zero-order chi connectivity index (χ0) is 18.2. The first-order chi connectivity index (χ1) is 11.5. The number of carbonyl (C=O) groups is 2. The lowest BCUT2D eigenvalue weighted by Crippen LogP contribution is -2.09. The molecule has 0 aliphatic rings. The lowest BCUT2D eigenvalue weighted by molar-refractivity contribution is -0.140. The fraction of sp³-hybridized carbons (Fsp3) is 0.800. The third-order valence-electron chi connectivity index (χ3n) is 4.17. The van der Waals surface area contributed by atoms with Crippen molar-refractivity contribution in [2.45, 2.75) is 79.1 Å². The van der Waals surface area contributed by atoms with Crippen LogP contribution in [0, 0.1) is 11.8 Å². The number of unbranched alkanes of at least 4 members (excludes halogenated alkanes) is 2. The molecule has 0 aromatic carbocycles. The highest BCUT2D eigenvalue weighted by atomic mass is 16.5. The summed E-state index contributed by atoms with van der Waals surface area (Å²) < 4.78 is 10.2. The standard InChI is InChI=1S/C20H36O4/c1-5-7-9-17(3)13-15-23-19(21)11-12-20(22)24-16-14-18(4)10-8-6-2/h11-12,17-18H,5-10,13-16H2,1-4H3/b12-11+/t17-,18+. The van der Waals surface area contributed by atoms with Crippen molar-refractivity contribution in [3.63, 3.8) is 0 Å². The van der Waals surface area contributed by atoms with Crippen LogP contribution < -0.4 is 0 Å². The number of hydrogen-bond donors (Lipinski definition) is 0. The van der Waals surface area contributed by atoms with E-state index in [9.17, 15) is 9.59 Å². The van der Waals surface area contributed by atoms with E-state index in [2.05, 4.69) is 27.7 Å². The van der Waals surface area contributed by atoms with Crippen LogP contribution in [0.5, 0.6) is 0 Å². The predicted molar refractivity (Wildman–Crippen MR) is 97.7 cm³/mol. The van der Waals surface area contributed by atoms with Crippen LogP contribution >= 0.6 is 0 Å². The maximum atomic E-state index is 11.5. The molecule has 4 heteroatoms. The van der Waals surface area contributed by atoms with Crippen molar-refractivity contribution in [2.24, 2.45) is 11.8 Å². The topological polar surface area (TPSA) is 52.6 Å². The molecule has 0 fully saturated rings. The zero-order valence-corrected chi connectivity index (χ0v) is 16.0. The molecule has 0 N–H and O–H groups in total. The largest absolute Gasteiger partial charge is 0.463 e. The van der Waals surface area contributed by atoms with Crippen molar-refractivity contribution >= 4 is 11.9 Å². The van der Waals surface area contributed by atoms with Gasteiger partial charge in [-0.25, -0.2) is 9.59 Å². The second-order valence-electron chi connectivity index (χ2n) is 6.74. The van der Waals surface area contributed by atoms with Gasteiger partial charge >= 0.3 is 11.9 Å². The first-order valence-corrected chi connectivity index (χ1v) is 9.51. The Balaban J connectivity index is 3.75. The van der Waals surface area contributed by atoms with E-state index in [1.54, 1.807) is 0 Å². The molecular weight excluding hydrogens is 304 g/mol. The van der Waals surface area contributed by atoms with Crippen LogP contribution in [-0.2, 0) is 19.1 Å². The molecule has 0 aliphatic heterocycles. The quantitative estimate of drug-likeness (QED) is 0.327. The van der Waals surface area contributed by atoms with Gasteiger partial charge in [0.1, 0.15) is 0 Å². The first kappa shape index (κ1) is 22.7. The Bertz CT molecular complexity index is 329. The minimum Gasteiger partial charge on any atom is -0.463 e. The molecule has 2 atom stereocenters. The molecule has 0 spiro atoms. The van der Waals surface area contributed by atoms with Gasteiger partial charge in [-0.1, -0.05) is 66.2 Å². The molecule has 0 heterocycles. The molecule has 0 radical (unpaired) electrons. The number of hydrogen-bond acceptors (Lipinski definition) is 4. The Morgan fingerprint density at radius 2 is 1.12 bits per heavy atom. The van der Waals surface area contributed by atoms with E-state index in [4.69, 9.17) is 9.47 Å². The average molecular weight is 341 g/mol. The van der Waals surface area contributed by atoms with E-state index in [0.717, 1.165) is 37.8 Å². The fourth-order valence-corrected chi connectivity index (χ4v) is 2.35. The predicted octanol–water partition coefficient (Wildman–Crippen LogP) is 5.06. The molecule has 0 rings (SSSR count). The maximum Gasteiger partial charge on any atom is 0.331 e. The second kappa shape index (κ2) is 15.2. The first-order valence-electron chi connectivity index (χ1n) is 9.51. The summed E-state index contributed by atoms with van der Waals surface area (Å²) >= 11 is 0. The van der Waals surface area contributed by atoms with Crippen LogP contribution in [0.4, 0.5) is 0 Å². The Morgan fingerprint density at radius 1 is 0.750 bits per heavy atom. The van der Waals surface area contributed by atoms with Gasteiger partial charge in [-0.15, -0.1) is 0 Å². The molecule has 140 valence electrons. The Labute approximate surface area is 148 Å². The molecule has 0 amide bonds. The van der Waals surface area contributed by atoms with Gasteiger partial charge < -0.3 is 9.47 Å². The molecule has 4 nitrogen and oxygen atoms in total. The highest BCUT2D eigenvalue weighted by Gasteiger charge is 2.06. The van der Waals surface area contributed by atoms with Gasteiger partial charge in [0.05, 0.1) is 13.2 Å². The number of esters is 2. The highest BCUT2D eigenvalue weighted by Crippen LogP contribution is 2.12. The fourth-order valence-electron chi connectivity index (χ4n) is 2.35. The summed E-state index contributed by atoms with van der Waals surface area (Å²) in [4.78, 5) is 23.1. The highest BCUT2D eigenvalue weighted by molar-refractivity contribution is 5.91. The van der Waals surface area contributed by atoms with E-state index in [0.29, 0.717) is 25.0 Å². The molecule has 24 heavy (non-hydrogen) atoms. The summed E-state index contributed by atoms with van der Waals surface area (Å²) in [5.41, 5.74) is 0. The molecule has 0 bridgehead atoms. The third kappa shape index (κ3) is 14.3. The van der Waals surface area contributed by atoms with E-state index >= 15 is 0 Å². The van der Waals surface area contributed by atoms with Crippen LogP contribution in [0.3, 0.4) is 0 Å². The number of ether oxygens (including phenoxy) is 2.